The SMILES string of the molecule is CCc1ccc(C#CC23CCC(C4CCC(CC)CC4)(CC2)CC3)cc1. The van der Waals surface area contributed by atoms with Crippen molar-refractivity contribution in [2.45, 2.75) is 90.9 Å². The van der Waals surface area contributed by atoms with Crippen molar-refractivity contribution >= 4 is 0 Å². The largest absolute Gasteiger partial charge is 0.0911 e. The Kier molecular flexibility index (Phi) is 5.18. The monoisotopic (exact) mass is 348 g/mol. The van der Waals surface area contributed by atoms with Gasteiger partial charge in [0.05, 0.1) is 0 Å². The fraction of sp³-hybridized carbons (Fsp3) is 0.692. The smallest absolute Gasteiger partial charge is 0.0319 e. The predicted molar refractivity (Wildman–Crippen MR) is 111 cm³/mol. The zero-order chi connectivity index (χ0) is 18.0. The zero-order valence-electron chi connectivity index (χ0n) is 16.9. The van der Waals surface area contributed by atoms with Crippen LogP contribution in [-0.2, 0) is 6.42 Å². The van der Waals surface area contributed by atoms with E-state index in [-0.39, 0.29) is 0 Å². The lowest BCUT2D eigenvalue weighted by Crippen LogP contribution is -2.45. The van der Waals surface area contributed by atoms with Gasteiger partial charge in [-0.1, -0.05) is 57.1 Å². The Labute approximate surface area is 161 Å². The van der Waals surface area contributed by atoms with E-state index in [1.54, 1.807) is 0 Å². The van der Waals surface area contributed by atoms with Crippen LogP contribution in [0.3, 0.4) is 0 Å². The molecule has 1 aromatic rings. The summed E-state index contributed by atoms with van der Waals surface area (Å²) in [6.45, 7) is 4.60. The molecule has 4 aliphatic carbocycles. The Hall–Kier alpha value is -1.22. The molecule has 0 heteroatoms. The van der Waals surface area contributed by atoms with Crippen molar-refractivity contribution < 1.29 is 0 Å². The van der Waals surface area contributed by atoms with Gasteiger partial charge in [0.15, 0.2) is 0 Å². The minimum Gasteiger partial charge on any atom is -0.0911 e. The van der Waals surface area contributed by atoms with Crippen molar-refractivity contribution in [3.05, 3.63) is 35.4 Å². The van der Waals surface area contributed by atoms with Gasteiger partial charge in [-0.25, -0.2) is 0 Å². The van der Waals surface area contributed by atoms with Gasteiger partial charge in [-0.05, 0) is 92.7 Å². The van der Waals surface area contributed by atoms with Crippen LogP contribution in [-0.4, -0.2) is 0 Å². The maximum atomic E-state index is 3.76. The van der Waals surface area contributed by atoms with Crippen molar-refractivity contribution in [1.29, 1.82) is 0 Å². The van der Waals surface area contributed by atoms with Crippen molar-refractivity contribution in [2.24, 2.45) is 22.7 Å². The Morgan fingerprint density at radius 1 is 0.846 bits per heavy atom. The van der Waals surface area contributed by atoms with E-state index in [2.05, 4.69) is 50.0 Å². The van der Waals surface area contributed by atoms with Crippen LogP contribution in [0.1, 0.15) is 95.6 Å². The third-order valence-corrected chi connectivity index (χ3v) is 8.43. The first-order chi connectivity index (χ1) is 12.7. The first-order valence-corrected chi connectivity index (χ1v) is 11.3. The fourth-order valence-corrected chi connectivity index (χ4v) is 6.23. The maximum absolute atomic E-state index is 3.76. The van der Waals surface area contributed by atoms with Gasteiger partial charge >= 0.3 is 0 Å². The highest BCUT2D eigenvalue weighted by Crippen LogP contribution is 2.62. The number of rotatable bonds is 3. The fourth-order valence-electron chi connectivity index (χ4n) is 6.23. The second-order valence-electron chi connectivity index (χ2n) is 9.57. The van der Waals surface area contributed by atoms with Gasteiger partial charge in [0.25, 0.3) is 0 Å². The Morgan fingerprint density at radius 2 is 1.46 bits per heavy atom. The van der Waals surface area contributed by atoms with Crippen LogP contribution < -0.4 is 0 Å². The van der Waals surface area contributed by atoms with Gasteiger partial charge in [-0.15, -0.1) is 0 Å². The summed E-state index contributed by atoms with van der Waals surface area (Å²) in [5, 5.41) is 0. The topological polar surface area (TPSA) is 0 Å². The summed E-state index contributed by atoms with van der Waals surface area (Å²) in [7, 11) is 0. The number of hydrogen-bond donors (Lipinski definition) is 0. The normalized spacial score (nSPS) is 36.4. The Balaban J connectivity index is 1.40. The van der Waals surface area contributed by atoms with Gasteiger partial charge in [-0.2, -0.15) is 0 Å². The molecule has 5 rings (SSSR count). The summed E-state index contributed by atoms with van der Waals surface area (Å²) >= 11 is 0. The van der Waals surface area contributed by atoms with E-state index in [1.807, 2.05) is 0 Å². The lowest BCUT2D eigenvalue weighted by molar-refractivity contribution is -0.0376. The molecule has 4 saturated carbocycles. The Bertz CT molecular complexity index is 636. The molecule has 0 radical (unpaired) electrons. The zero-order valence-corrected chi connectivity index (χ0v) is 16.9. The van der Waals surface area contributed by atoms with Crippen molar-refractivity contribution in [3.8, 4) is 11.8 Å². The molecular formula is C26H36. The highest BCUT2D eigenvalue weighted by Gasteiger charge is 2.51. The number of hydrogen-bond acceptors (Lipinski definition) is 0. The highest BCUT2D eigenvalue weighted by atomic mass is 14.6. The van der Waals surface area contributed by atoms with E-state index in [0.29, 0.717) is 10.8 Å². The average molecular weight is 349 g/mol. The van der Waals surface area contributed by atoms with Crippen molar-refractivity contribution in [2.75, 3.05) is 0 Å². The summed E-state index contributed by atoms with van der Waals surface area (Å²) in [6, 6.07) is 8.90. The molecule has 4 aliphatic rings. The molecule has 0 aliphatic heterocycles. The van der Waals surface area contributed by atoms with E-state index < -0.39 is 0 Å². The molecule has 0 atom stereocenters. The molecule has 0 spiro atoms. The lowest BCUT2D eigenvalue weighted by atomic mass is 9.48. The second kappa shape index (κ2) is 7.42. The van der Waals surface area contributed by atoms with Crippen LogP contribution in [0, 0.1) is 34.5 Å². The molecule has 0 aromatic heterocycles. The minimum atomic E-state index is 0.339. The molecule has 1 aromatic carbocycles. The first kappa shape index (κ1) is 18.2. The van der Waals surface area contributed by atoms with Crippen LogP contribution in [0.25, 0.3) is 0 Å². The first-order valence-electron chi connectivity index (χ1n) is 11.3. The molecule has 4 fully saturated rings. The molecule has 2 bridgehead atoms. The van der Waals surface area contributed by atoms with E-state index >= 15 is 0 Å². The number of aryl methyl sites for hydroxylation is 1. The molecule has 0 N–H and O–H groups in total. The van der Waals surface area contributed by atoms with Crippen LogP contribution in [0.2, 0.25) is 0 Å². The van der Waals surface area contributed by atoms with Crippen LogP contribution in [0.4, 0.5) is 0 Å². The highest BCUT2D eigenvalue weighted by molar-refractivity contribution is 5.38. The Morgan fingerprint density at radius 3 is 2.00 bits per heavy atom. The van der Waals surface area contributed by atoms with Crippen molar-refractivity contribution in [3.63, 3.8) is 0 Å². The third kappa shape index (κ3) is 3.47. The van der Waals surface area contributed by atoms with Gasteiger partial charge in [-0.3, -0.25) is 0 Å². The predicted octanol–water partition coefficient (Wildman–Crippen LogP) is 7.16. The lowest BCUT2D eigenvalue weighted by Gasteiger charge is -2.56. The molecule has 0 saturated heterocycles. The summed E-state index contributed by atoms with van der Waals surface area (Å²) in [5.74, 6) is 9.35. The molecule has 0 amide bonds. The molecule has 0 unspecified atom stereocenters. The third-order valence-electron chi connectivity index (χ3n) is 8.43. The minimum absolute atomic E-state index is 0.339. The molecule has 0 heterocycles. The molecular weight excluding hydrogens is 312 g/mol. The summed E-state index contributed by atoms with van der Waals surface area (Å²) in [4.78, 5) is 0. The number of benzene rings is 1. The average Bonchev–Trinajstić information content (AvgIpc) is 2.74. The van der Waals surface area contributed by atoms with Gasteiger partial charge in [0, 0.05) is 11.0 Å². The van der Waals surface area contributed by atoms with E-state index in [0.717, 1.165) is 18.3 Å². The van der Waals surface area contributed by atoms with Crippen LogP contribution in [0.5, 0.6) is 0 Å². The van der Waals surface area contributed by atoms with Gasteiger partial charge in [0.2, 0.25) is 0 Å². The second-order valence-corrected chi connectivity index (χ2v) is 9.57. The van der Waals surface area contributed by atoms with Gasteiger partial charge < -0.3 is 0 Å². The summed E-state index contributed by atoms with van der Waals surface area (Å²) in [6.07, 6.45) is 17.0. The molecule has 26 heavy (non-hydrogen) atoms. The maximum Gasteiger partial charge on any atom is 0.0319 e. The van der Waals surface area contributed by atoms with Crippen LogP contribution >= 0.6 is 0 Å². The summed E-state index contributed by atoms with van der Waals surface area (Å²) < 4.78 is 0. The van der Waals surface area contributed by atoms with Crippen molar-refractivity contribution in [1.82, 2.24) is 0 Å². The molecule has 0 nitrogen and oxygen atoms in total. The standard InChI is InChI=1S/C26H36/c1-3-21-5-7-23(8-6-21)13-14-25-15-18-26(19-16-25,20-17-25)24-11-9-22(4-2)10-12-24/h5-8,22,24H,3-4,9-12,15-20H2,1-2H3. The van der Waals surface area contributed by atoms with E-state index in [1.165, 1.54) is 81.8 Å². The van der Waals surface area contributed by atoms with E-state index in [4.69, 9.17) is 0 Å². The van der Waals surface area contributed by atoms with E-state index in [9.17, 15) is 0 Å². The van der Waals surface area contributed by atoms with Crippen LogP contribution in [0.15, 0.2) is 24.3 Å². The van der Waals surface area contributed by atoms with Gasteiger partial charge in [0.1, 0.15) is 0 Å². The quantitative estimate of drug-likeness (QED) is 0.508. The molecule has 140 valence electrons. The number of fused-ring (bicyclic) bond motifs is 3. The summed E-state index contributed by atoms with van der Waals surface area (Å²) in [5.41, 5.74) is 3.65.